The summed E-state index contributed by atoms with van der Waals surface area (Å²) in [5.41, 5.74) is 6.88. The van der Waals surface area contributed by atoms with Gasteiger partial charge < -0.3 is 15.0 Å². The Morgan fingerprint density at radius 2 is 2.20 bits per heavy atom. The fraction of sp³-hybridized carbons (Fsp3) is 0.667. The van der Waals surface area contributed by atoms with Crippen LogP contribution in [0.15, 0.2) is 18.5 Å². The summed E-state index contributed by atoms with van der Waals surface area (Å²) in [4.78, 5) is 0. The van der Waals surface area contributed by atoms with E-state index in [9.17, 15) is 0 Å². The van der Waals surface area contributed by atoms with Crippen molar-refractivity contribution in [3.05, 3.63) is 24.0 Å². The van der Waals surface area contributed by atoms with Crippen LogP contribution in [0.5, 0.6) is 0 Å². The molecule has 0 spiro atoms. The molecule has 3 heteroatoms. The number of hydrogen-bond donors (Lipinski definition) is 1. The van der Waals surface area contributed by atoms with Crippen molar-refractivity contribution in [1.29, 1.82) is 0 Å². The molecule has 15 heavy (non-hydrogen) atoms. The first-order valence-electron chi connectivity index (χ1n) is 5.81. The van der Waals surface area contributed by atoms with Gasteiger partial charge in [0, 0.05) is 32.2 Å². The maximum Gasteiger partial charge on any atom is 0.0469 e. The fourth-order valence-corrected chi connectivity index (χ4v) is 2.15. The molecular formula is C12H20N2O. The first-order valence-corrected chi connectivity index (χ1v) is 5.81. The number of hydrogen-bond acceptors (Lipinski definition) is 2. The van der Waals surface area contributed by atoms with Crippen LogP contribution in [0.25, 0.3) is 0 Å². The van der Waals surface area contributed by atoms with Gasteiger partial charge in [-0.3, -0.25) is 0 Å². The zero-order chi connectivity index (χ0) is 10.5. The summed E-state index contributed by atoms with van der Waals surface area (Å²) in [7, 11) is 0. The van der Waals surface area contributed by atoms with E-state index in [2.05, 4.69) is 23.0 Å². The summed E-state index contributed by atoms with van der Waals surface area (Å²) >= 11 is 0. The smallest absolute Gasteiger partial charge is 0.0469 e. The van der Waals surface area contributed by atoms with Gasteiger partial charge in [-0.15, -0.1) is 0 Å². The number of rotatable bonds is 4. The van der Waals surface area contributed by atoms with Gasteiger partial charge in [0.15, 0.2) is 0 Å². The van der Waals surface area contributed by atoms with E-state index in [1.807, 2.05) is 0 Å². The number of aromatic nitrogens is 1. The van der Waals surface area contributed by atoms with Crippen molar-refractivity contribution >= 4 is 0 Å². The molecule has 1 aliphatic heterocycles. The second kappa shape index (κ2) is 5.33. The SMILES string of the molecule is NCCc1ccn(CC2CCOCC2)c1. The van der Waals surface area contributed by atoms with Crippen molar-refractivity contribution in [3.63, 3.8) is 0 Å². The Balaban J connectivity index is 1.86. The van der Waals surface area contributed by atoms with Crippen LogP contribution in [0.2, 0.25) is 0 Å². The zero-order valence-corrected chi connectivity index (χ0v) is 9.19. The number of nitrogens with two attached hydrogens (primary N) is 1. The number of nitrogens with zero attached hydrogens (tertiary/aromatic N) is 1. The summed E-state index contributed by atoms with van der Waals surface area (Å²) in [6.45, 7) is 3.73. The van der Waals surface area contributed by atoms with Crippen LogP contribution >= 0.6 is 0 Å². The Kier molecular flexibility index (Phi) is 3.80. The summed E-state index contributed by atoms with van der Waals surface area (Å²) in [6, 6.07) is 2.17. The Morgan fingerprint density at radius 1 is 1.40 bits per heavy atom. The molecule has 0 aliphatic carbocycles. The predicted molar refractivity (Wildman–Crippen MR) is 60.7 cm³/mol. The van der Waals surface area contributed by atoms with Crippen molar-refractivity contribution in [2.45, 2.75) is 25.8 Å². The van der Waals surface area contributed by atoms with Gasteiger partial charge in [-0.2, -0.15) is 0 Å². The molecule has 0 amide bonds. The highest BCUT2D eigenvalue weighted by molar-refractivity contribution is 5.10. The minimum Gasteiger partial charge on any atom is -0.381 e. The Hall–Kier alpha value is -0.800. The molecule has 84 valence electrons. The highest BCUT2D eigenvalue weighted by Crippen LogP contribution is 2.17. The lowest BCUT2D eigenvalue weighted by Gasteiger charge is -2.22. The molecule has 3 nitrogen and oxygen atoms in total. The molecule has 1 aromatic rings. The van der Waals surface area contributed by atoms with E-state index < -0.39 is 0 Å². The third kappa shape index (κ3) is 3.08. The molecule has 2 rings (SSSR count). The average molecular weight is 208 g/mol. The molecule has 2 N–H and O–H groups in total. The second-order valence-corrected chi connectivity index (χ2v) is 4.31. The largest absolute Gasteiger partial charge is 0.381 e. The highest BCUT2D eigenvalue weighted by Gasteiger charge is 2.13. The minimum absolute atomic E-state index is 0.737. The molecular weight excluding hydrogens is 188 g/mol. The van der Waals surface area contributed by atoms with Gasteiger partial charge in [-0.1, -0.05) is 0 Å². The standard InChI is InChI=1S/C12H20N2O/c13-5-1-11-2-6-14(9-11)10-12-3-7-15-8-4-12/h2,6,9,12H,1,3-5,7-8,10,13H2. The van der Waals surface area contributed by atoms with Crippen LogP contribution in [0.4, 0.5) is 0 Å². The molecule has 0 radical (unpaired) electrons. The summed E-state index contributed by atoms with van der Waals surface area (Å²) < 4.78 is 7.65. The van der Waals surface area contributed by atoms with Gasteiger partial charge >= 0.3 is 0 Å². The molecule has 0 atom stereocenters. The summed E-state index contributed by atoms with van der Waals surface area (Å²) in [6.07, 6.45) is 7.78. The van der Waals surface area contributed by atoms with E-state index in [-0.39, 0.29) is 0 Å². The normalized spacial score (nSPS) is 18.2. The van der Waals surface area contributed by atoms with Crippen molar-refractivity contribution in [3.8, 4) is 0 Å². The van der Waals surface area contributed by atoms with Crippen molar-refractivity contribution in [2.75, 3.05) is 19.8 Å². The summed E-state index contributed by atoms with van der Waals surface area (Å²) in [5, 5.41) is 0. The van der Waals surface area contributed by atoms with E-state index >= 15 is 0 Å². The topological polar surface area (TPSA) is 40.2 Å². The monoisotopic (exact) mass is 208 g/mol. The van der Waals surface area contributed by atoms with Gasteiger partial charge in [0.05, 0.1) is 0 Å². The third-order valence-electron chi connectivity index (χ3n) is 3.05. The zero-order valence-electron chi connectivity index (χ0n) is 9.19. The average Bonchev–Trinajstić information content (AvgIpc) is 2.68. The maximum atomic E-state index is 5.53. The van der Waals surface area contributed by atoms with Gasteiger partial charge in [0.2, 0.25) is 0 Å². The van der Waals surface area contributed by atoms with E-state index in [1.165, 1.54) is 18.4 Å². The molecule has 0 saturated carbocycles. The van der Waals surface area contributed by atoms with E-state index in [0.29, 0.717) is 0 Å². The van der Waals surface area contributed by atoms with Crippen LogP contribution in [0.3, 0.4) is 0 Å². The lowest BCUT2D eigenvalue weighted by Crippen LogP contribution is -2.19. The van der Waals surface area contributed by atoms with Gasteiger partial charge in [0.1, 0.15) is 0 Å². The lowest BCUT2D eigenvalue weighted by molar-refractivity contribution is 0.0613. The summed E-state index contributed by atoms with van der Waals surface area (Å²) in [5.74, 6) is 0.789. The van der Waals surface area contributed by atoms with Crippen LogP contribution < -0.4 is 5.73 Å². The van der Waals surface area contributed by atoms with E-state index in [1.54, 1.807) is 0 Å². The minimum atomic E-state index is 0.737. The van der Waals surface area contributed by atoms with Crippen LogP contribution in [-0.4, -0.2) is 24.3 Å². The molecule has 1 aromatic heterocycles. The molecule has 0 unspecified atom stereocenters. The second-order valence-electron chi connectivity index (χ2n) is 4.31. The Morgan fingerprint density at radius 3 is 2.93 bits per heavy atom. The van der Waals surface area contributed by atoms with Crippen LogP contribution in [0, 0.1) is 5.92 Å². The van der Waals surface area contributed by atoms with E-state index in [4.69, 9.17) is 10.5 Å². The molecule has 1 saturated heterocycles. The van der Waals surface area contributed by atoms with Gasteiger partial charge in [-0.25, -0.2) is 0 Å². The molecule has 0 aromatic carbocycles. The van der Waals surface area contributed by atoms with Gasteiger partial charge in [0.25, 0.3) is 0 Å². The molecule has 1 aliphatic rings. The van der Waals surface area contributed by atoms with Crippen molar-refractivity contribution < 1.29 is 4.74 Å². The van der Waals surface area contributed by atoms with Crippen LogP contribution in [-0.2, 0) is 17.7 Å². The third-order valence-corrected chi connectivity index (χ3v) is 3.05. The number of ether oxygens (including phenoxy) is 1. The first-order chi connectivity index (χ1) is 7.38. The predicted octanol–water partition coefficient (Wildman–Crippen LogP) is 1.42. The molecule has 1 fully saturated rings. The van der Waals surface area contributed by atoms with Crippen molar-refractivity contribution in [1.82, 2.24) is 4.57 Å². The maximum absolute atomic E-state index is 5.53. The fourth-order valence-electron chi connectivity index (χ4n) is 2.15. The van der Waals surface area contributed by atoms with E-state index in [0.717, 1.165) is 38.6 Å². The molecule has 0 bridgehead atoms. The van der Waals surface area contributed by atoms with Crippen molar-refractivity contribution in [2.24, 2.45) is 11.7 Å². The van der Waals surface area contributed by atoms with Gasteiger partial charge in [-0.05, 0) is 43.4 Å². The Labute approximate surface area is 91.2 Å². The Bertz CT molecular complexity index is 290. The molecule has 2 heterocycles. The highest BCUT2D eigenvalue weighted by atomic mass is 16.5. The van der Waals surface area contributed by atoms with Crippen LogP contribution in [0.1, 0.15) is 18.4 Å². The lowest BCUT2D eigenvalue weighted by atomic mass is 10.0. The first kappa shape index (κ1) is 10.7. The quantitative estimate of drug-likeness (QED) is 0.813.